The Morgan fingerprint density at radius 3 is 2.59 bits per heavy atom. The quantitative estimate of drug-likeness (QED) is 0.686. The van der Waals surface area contributed by atoms with Crippen molar-refractivity contribution in [1.82, 2.24) is 4.57 Å². The van der Waals surface area contributed by atoms with E-state index in [9.17, 15) is 27.9 Å². The average Bonchev–Trinajstić information content (AvgIpc) is 3.00. The van der Waals surface area contributed by atoms with Gasteiger partial charge in [0.15, 0.2) is 0 Å². The van der Waals surface area contributed by atoms with Crippen LogP contribution in [0.1, 0.15) is 40.4 Å². The van der Waals surface area contributed by atoms with E-state index in [2.05, 4.69) is 4.74 Å². The summed E-state index contributed by atoms with van der Waals surface area (Å²) in [5, 5.41) is 10.3. The van der Waals surface area contributed by atoms with Crippen molar-refractivity contribution >= 4 is 22.8 Å². The highest BCUT2D eigenvalue weighted by Crippen LogP contribution is 2.39. The molecule has 1 aliphatic rings. The Labute approximate surface area is 163 Å². The van der Waals surface area contributed by atoms with Crippen molar-refractivity contribution in [3.63, 3.8) is 0 Å². The Morgan fingerprint density at radius 1 is 1.10 bits per heavy atom. The summed E-state index contributed by atoms with van der Waals surface area (Å²) in [7, 11) is 0. The number of aromatic nitrogens is 1. The number of ether oxygens (including phenoxy) is 1. The smallest absolute Gasteiger partial charge is 0.481 e. The maximum Gasteiger partial charge on any atom is 0.573 e. The van der Waals surface area contributed by atoms with E-state index in [4.69, 9.17) is 0 Å². The predicted molar refractivity (Wildman–Crippen MR) is 98.1 cm³/mol. The molecule has 1 aromatic heterocycles. The van der Waals surface area contributed by atoms with Crippen LogP contribution in [0.25, 0.3) is 10.9 Å². The van der Waals surface area contributed by atoms with Gasteiger partial charge in [-0.2, -0.15) is 0 Å². The predicted octanol–water partition coefficient (Wildman–Crippen LogP) is 4.73. The Hall–Kier alpha value is -3.29. The van der Waals surface area contributed by atoms with Crippen LogP contribution in [0.15, 0.2) is 48.5 Å². The van der Waals surface area contributed by atoms with E-state index in [1.165, 1.54) is 16.7 Å². The van der Waals surface area contributed by atoms with E-state index >= 15 is 0 Å². The van der Waals surface area contributed by atoms with Gasteiger partial charge in [0.05, 0.1) is 11.4 Å². The summed E-state index contributed by atoms with van der Waals surface area (Å²) in [5.74, 6) is -2.70. The van der Waals surface area contributed by atoms with Gasteiger partial charge in [-0.05, 0) is 49.1 Å². The summed E-state index contributed by atoms with van der Waals surface area (Å²) in [6.45, 7) is 0. The third-order valence-electron chi connectivity index (χ3n) is 5.09. The zero-order valence-electron chi connectivity index (χ0n) is 15.1. The number of aliphatic carboxylic acids is 1. The SMILES string of the molecule is O=C(O)C1CCCc2c1c1ccccc1n2C(=O)c1cccc(OC(F)(F)F)c1. The molecule has 29 heavy (non-hydrogen) atoms. The standard InChI is InChI=1S/C21H16F3NO4/c22-21(23,24)29-13-6-3-5-12(11-13)19(26)25-16-9-2-1-7-14(16)18-15(20(27)28)8-4-10-17(18)25/h1-3,5-7,9,11,15H,4,8,10H2,(H,27,28). The second-order valence-corrected chi connectivity index (χ2v) is 6.88. The maximum absolute atomic E-state index is 13.3. The van der Waals surface area contributed by atoms with Gasteiger partial charge in [-0.15, -0.1) is 13.2 Å². The molecule has 0 saturated heterocycles. The lowest BCUT2D eigenvalue weighted by Gasteiger charge is -2.21. The molecule has 1 unspecified atom stereocenters. The van der Waals surface area contributed by atoms with Crippen LogP contribution in [0.3, 0.4) is 0 Å². The first-order valence-corrected chi connectivity index (χ1v) is 9.02. The first kappa shape index (κ1) is 19.0. The molecule has 0 saturated carbocycles. The summed E-state index contributed by atoms with van der Waals surface area (Å²) < 4.78 is 42.9. The van der Waals surface area contributed by atoms with E-state index in [-0.39, 0.29) is 5.56 Å². The summed E-state index contributed by atoms with van der Waals surface area (Å²) in [6.07, 6.45) is -3.28. The molecule has 0 spiro atoms. The normalized spacial score (nSPS) is 16.4. The maximum atomic E-state index is 13.3. The number of hydrogen-bond acceptors (Lipinski definition) is 3. The second kappa shape index (κ2) is 6.95. The fraction of sp³-hybridized carbons (Fsp3) is 0.238. The number of nitrogens with zero attached hydrogens (tertiary/aromatic N) is 1. The van der Waals surface area contributed by atoms with Gasteiger partial charge in [0.25, 0.3) is 5.91 Å². The molecular formula is C21H16F3NO4. The van der Waals surface area contributed by atoms with Crippen LogP contribution in [-0.4, -0.2) is 27.9 Å². The molecule has 0 fully saturated rings. The van der Waals surface area contributed by atoms with E-state index in [0.717, 1.165) is 12.1 Å². The largest absolute Gasteiger partial charge is 0.573 e. The van der Waals surface area contributed by atoms with Crippen LogP contribution >= 0.6 is 0 Å². The van der Waals surface area contributed by atoms with Crippen LogP contribution in [-0.2, 0) is 11.2 Å². The number of rotatable bonds is 3. The minimum atomic E-state index is -4.87. The molecule has 1 aliphatic carbocycles. The minimum Gasteiger partial charge on any atom is -0.481 e. The van der Waals surface area contributed by atoms with Crippen molar-refractivity contribution in [2.75, 3.05) is 0 Å². The molecule has 5 nitrogen and oxygen atoms in total. The second-order valence-electron chi connectivity index (χ2n) is 6.88. The molecule has 150 valence electrons. The highest BCUT2D eigenvalue weighted by Gasteiger charge is 2.34. The lowest BCUT2D eigenvalue weighted by atomic mass is 9.85. The van der Waals surface area contributed by atoms with Crippen molar-refractivity contribution in [3.05, 3.63) is 65.4 Å². The molecule has 0 amide bonds. The molecule has 1 heterocycles. The summed E-state index contributed by atoms with van der Waals surface area (Å²) in [6, 6.07) is 11.8. The van der Waals surface area contributed by atoms with Crippen LogP contribution < -0.4 is 4.74 Å². The van der Waals surface area contributed by atoms with Gasteiger partial charge >= 0.3 is 12.3 Å². The number of alkyl halides is 3. The number of carboxylic acid groups (broad SMARTS) is 1. The number of fused-ring (bicyclic) bond motifs is 3. The lowest BCUT2D eigenvalue weighted by Crippen LogP contribution is -2.22. The van der Waals surface area contributed by atoms with Crippen LogP contribution in [0.5, 0.6) is 5.75 Å². The minimum absolute atomic E-state index is 0.0211. The molecule has 3 aromatic rings. The number of benzene rings is 2. The van der Waals surface area contributed by atoms with Crippen LogP contribution in [0, 0.1) is 0 Å². The van der Waals surface area contributed by atoms with Crippen molar-refractivity contribution < 1.29 is 32.6 Å². The van der Waals surface area contributed by atoms with Gasteiger partial charge in [-0.1, -0.05) is 24.3 Å². The first-order chi connectivity index (χ1) is 13.8. The number of carboxylic acids is 1. The van der Waals surface area contributed by atoms with E-state index < -0.39 is 29.9 Å². The Balaban J connectivity index is 1.86. The number of hydrogen-bond donors (Lipinski definition) is 1. The van der Waals surface area contributed by atoms with E-state index in [1.54, 1.807) is 24.3 Å². The van der Waals surface area contributed by atoms with Crippen molar-refractivity contribution in [2.45, 2.75) is 31.5 Å². The van der Waals surface area contributed by atoms with Gasteiger partial charge in [0, 0.05) is 16.6 Å². The van der Waals surface area contributed by atoms with Gasteiger partial charge < -0.3 is 9.84 Å². The molecule has 0 bridgehead atoms. The summed E-state index contributed by atoms with van der Waals surface area (Å²) in [4.78, 5) is 25.0. The van der Waals surface area contributed by atoms with Crippen molar-refractivity contribution in [3.8, 4) is 5.75 Å². The zero-order valence-corrected chi connectivity index (χ0v) is 15.1. The van der Waals surface area contributed by atoms with Crippen molar-refractivity contribution in [1.29, 1.82) is 0 Å². The van der Waals surface area contributed by atoms with Crippen LogP contribution in [0.4, 0.5) is 13.2 Å². The topological polar surface area (TPSA) is 68.5 Å². The first-order valence-electron chi connectivity index (χ1n) is 9.02. The van der Waals surface area contributed by atoms with E-state index in [0.29, 0.717) is 41.4 Å². The molecule has 1 atom stereocenters. The Kier molecular flexibility index (Phi) is 4.56. The third-order valence-corrected chi connectivity index (χ3v) is 5.09. The van der Waals surface area contributed by atoms with Gasteiger partial charge in [-0.25, -0.2) is 0 Å². The number of carbonyl (C=O) groups excluding carboxylic acids is 1. The monoisotopic (exact) mass is 403 g/mol. The summed E-state index contributed by atoms with van der Waals surface area (Å²) >= 11 is 0. The number of carbonyl (C=O) groups is 2. The Bertz CT molecular complexity index is 1120. The molecule has 2 aromatic carbocycles. The van der Waals surface area contributed by atoms with Crippen LogP contribution in [0.2, 0.25) is 0 Å². The number of para-hydroxylation sites is 1. The fourth-order valence-corrected chi connectivity index (χ4v) is 4.01. The highest BCUT2D eigenvalue weighted by atomic mass is 19.4. The fourth-order valence-electron chi connectivity index (χ4n) is 4.01. The van der Waals surface area contributed by atoms with E-state index in [1.807, 2.05) is 0 Å². The lowest BCUT2D eigenvalue weighted by molar-refractivity contribution is -0.274. The molecule has 8 heteroatoms. The molecule has 1 N–H and O–H groups in total. The highest BCUT2D eigenvalue weighted by molar-refractivity contribution is 6.05. The van der Waals surface area contributed by atoms with Gasteiger partial charge in [-0.3, -0.25) is 14.2 Å². The summed E-state index contributed by atoms with van der Waals surface area (Å²) in [5.41, 5.74) is 1.76. The zero-order chi connectivity index (χ0) is 20.8. The average molecular weight is 403 g/mol. The third kappa shape index (κ3) is 3.46. The van der Waals surface area contributed by atoms with Gasteiger partial charge in [0.2, 0.25) is 0 Å². The molecular weight excluding hydrogens is 387 g/mol. The molecule has 4 rings (SSSR count). The number of halogens is 3. The molecule has 0 radical (unpaired) electrons. The van der Waals surface area contributed by atoms with Crippen molar-refractivity contribution in [2.24, 2.45) is 0 Å². The van der Waals surface area contributed by atoms with Gasteiger partial charge in [0.1, 0.15) is 5.75 Å². The Morgan fingerprint density at radius 2 is 1.86 bits per heavy atom. The molecule has 0 aliphatic heterocycles.